The van der Waals surface area contributed by atoms with E-state index in [9.17, 15) is 35.1 Å². The second-order valence-corrected chi connectivity index (χ2v) is 4.15. The van der Waals surface area contributed by atoms with Gasteiger partial charge in [-0.05, 0) is 22.6 Å². The van der Waals surface area contributed by atoms with E-state index >= 15 is 0 Å². The van der Waals surface area contributed by atoms with E-state index in [2.05, 4.69) is 11.6 Å². The van der Waals surface area contributed by atoms with Crippen LogP contribution in [0.4, 0.5) is 35.1 Å². The molecular formula is C4ClF8I. The molecule has 0 aromatic rings. The van der Waals surface area contributed by atoms with E-state index in [4.69, 9.17) is 0 Å². The van der Waals surface area contributed by atoms with Crippen molar-refractivity contribution < 1.29 is 35.1 Å². The highest BCUT2D eigenvalue weighted by atomic mass is 127. The van der Waals surface area contributed by atoms with Gasteiger partial charge in [0.15, 0.2) is 0 Å². The Balaban J connectivity index is 5.30. The second-order valence-electron chi connectivity index (χ2n) is 2.14. The first-order chi connectivity index (χ1) is 5.75. The summed E-state index contributed by atoms with van der Waals surface area (Å²) in [7, 11) is 0. The molecule has 14 heavy (non-hydrogen) atoms. The second kappa shape index (κ2) is 3.49. The summed E-state index contributed by atoms with van der Waals surface area (Å²) >= 11 is 3.53. The van der Waals surface area contributed by atoms with E-state index < -0.39 is 21.2 Å². The molecule has 0 rings (SSSR count). The molecule has 0 aliphatic rings. The van der Waals surface area contributed by atoms with Crippen LogP contribution in [0.25, 0.3) is 0 Å². The molecule has 0 nitrogen and oxygen atoms in total. The third-order valence-corrected chi connectivity index (χ3v) is 3.25. The fourth-order valence-corrected chi connectivity index (χ4v) is 0.769. The van der Waals surface area contributed by atoms with Crippen LogP contribution < -0.4 is 0 Å². The van der Waals surface area contributed by atoms with Crippen molar-refractivity contribution in [2.24, 2.45) is 0 Å². The Morgan fingerprint density at radius 3 is 1.07 bits per heavy atom. The van der Waals surface area contributed by atoms with Crippen molar-refractivity contribution in [3.05, 3.63) is 0 Å². The van der Waals surface area contributed by atoms with Crippen LogP contribution in [0.3, 0.4) is 0 Å². The highest BCUT2D eigenvalue weighted by Gasteiger charge is 2.78. The van der Waals surface area contributed by atoms with E-state index in [1.165, 1.54) is 0 Å². The monoisotopic (exact) mass is 362 g/mol. The zero-order chi connectivity index (χ0) is 12.0. The molecule has 86 valence electrons. The van der Waals surface area contributed by atoms with Crippen LogP contribution in [-0.2, 0) is 0 Å². The summed E-state index contributed by atoms with van der Waals surface area (Å²) in [6.07, 6.45) is -12.2. The largest absolute Gasteiger partial charge is 0.441 e. The van der Waals surface area contributed by atoms with Gasteiger partial charge in [-0.25, -0.2) is 8.78 Å². The number of hydrogen-bond donors (Lipinski definition) is 0. The topological polar surface area (TPSA) is 0 Å². The molecule has 0 aromatic heterocycles. The van der Waals surface area contributed by atoms with Gasteiger partial charge in [0.2, 0.25) is 0 Å². The molecule has 0 fully saturated rings. The molecule has 0 bridgehead atoms. The zero-order valence-electron chi connectivity index (χ0n) is 5.78. The summed E-state index contributed by atoms with van der Waals surface area (Å²) < 4.78 is 89.5. The van der Waals surface area contributed by atoms with E-state index in [0.29, 0.717) is 0 Å². The van der Waals surface area contributed by atoms with Gasteiger partial charge >= 0.3 is 21.2 Å². The van der Waals surface area contributed by atoms with Gasteiger partial charge in [-0.2, -0.15) is 26.3 Å². The molecule has 0 aliphatic carbocycles. The Hall–Kier alpha value is 0.460. The minimum absolute atomic E-state index is 0.368. The van der Waals surface area contributed by atoms with Gasteiger partial charge in [-0.3, -0.25) is 0 Å². The van der Waals surface area contributed by atoms with Crippen molar-refractivity contribution in [2.45, 2.75) is 21.2 Å². The predicted molar refractivity (Wildman–Crippen MR) is 39.7 cm³/mol. The fraction of sp³-hybridized carbons (Fsp3) is 1.00. The Morgan fingerprint density at radius 2 is 1.00 bits per heavy atom. The summed E-state index contributed by atoms with van der Waals surface area (Å²) in [4.78, 5) is 0. The Morgan fingerprint density at radius 1 is 0.714 bits per heavy atom. The first-order valence-corrected chi connectivity index (χ1v) is 4.10. The molecule has 0 amide bonds. The maximum absolute atomic E-state index is 12.5. The summed E-state index contributed by atoms with van der Waals surface area (Å²) in [5.74, 6) is 0. The summed E-state index contributed by atoms with van der Waals surface area (Å²) in [6.45, 7) is 0. The molecule has 0 aromatic carbocycles. The minimum atomic E-state index is -6.17. The molecule has 0 saturated carbocycles. The molecule has 0 spiro atoms. The van der Waals surface area contributed by atoms with Crippen molar-refractivity contribution >= 4 is 34.2 Å². The third-order valence-electron chi connectivity index (χ3n) is 1.11. The first kappa shape index (κ1) is 14.5. The van der Waals surface area contributed by atoms with Gasteiger partial charge in [-0.1, -0.05) is 11.6 Å². The van der Waals surface area contributed by atoms with Crippen LogP contribution in [0.15, 0.2) is 0 Å². The number of rotatable bonds is 1. The van der Waals surface area contributed by atoms with E-state index in [-0.39, 0.29) is 22.6 Å². The Bertz CT molecular complexity index is 190. The smallest absolute Gasteiger partial charge is 0.217 e. The van der Waals surface area contributed by atoms with Crippen LogP contribution in [0.5, 0.6) is 0 Å². The number of hydrogen-bond acceptors (Lipinski definition) is 0. The van der Waals surface area contributed by atoms with Crippen LogP contribution in [0.2, 0.25) is 0 Å². The number of halogens is 10. The van der Waals surface area contributed by atoms with Crippen molar-refractivity contribution in [3.8, 4) is 0 Å². The molecule has 0 heterocycles. The van der Waals surface area contributed by atoms with Gasteiger partial charge in [0.1, 0.15) is 0 Å². The highest BCUT2D eigenvalue weighted by Crippen LogP contribution is 2.57. The van der Waals surface area contributed by atoms with Crippen molar-refractivity contribution in [1.82, 2.24) is 0 Å². The van der Waals surface area contributed by atoms with E-state index in [1.54, 1.807) is 0 Å². The fourth-order valence-electron chi connectivity index (χ4n) is 0.356. The maximum atomic E-state index is 12.5. The first-order valence-electron chi connectivity index (χ1n) is 2.64. The van der Waals surface area contributed by atoms with Crippen molar-refractivity contribution in [1.29, 1.82) is 0 Å². The molecule has 0 N–H and O–H groups in total. The SMILES string of the molecule is FC(F)(F)C(F)(Cl)C(F)(I)C(F)(F)F. The van der Waals surface area contributed by atoms with Crippen LogP contribution in [0, 0.1) is 0 Å². The summed E-state index contributed by atoms with van der Waals surface area (Å²) in [5, 5.41) is -5.52. The molecule has 0 saturated heterocycles. The lowest BCUT2D eigenvalue weighted by atomic mass is 10.2. The molecule has 2 unspecified atom stereocenters. The van der Waals surface area contributed by atoms with Crippen LogP contribution in [0.1, 0.15) is 0 Å². The minimum Gasteiger partial charge on any atom is -0.217 e. The van der Waals surface area contributed by atoms with Gasteiger partial charge in [-0.15, -0.1) is 0 Å². The van der Waals surface area contributed by atoms with Gasteiger partial charge in [0.25, 0.3) is 0 Å². The predicted octanol–water partition coefficient (Wildman–Crippen LogP) is 4.12. The van der Waals surface area contributed by atoms with Gasteiger partial charge < -0.3 is 0 Å². The van der Waals surface area contributed by atoms with Gasteiger partial charge in [0.05, 0.1) is 0 Å². The summed E-state index contributed by atoms with van der Waals surface area (Å²) in [6, 6.07) is 0. The normalized spacial score (nSPS) is 22.7. The highest BCUT2D eigenvalue weighted by molar-refractivity contribution is 14.1. The van der Waals surface area contributed by atoms with E-state index in [1.807, 2.05) is 0 Å². The molecular weight excluding hydrogens is 362 g/mol. The van der Waals surface area contributed by atoms with Gasteiger partial charge in [0, 0.05) is 0 Å². The average Bonchev–Trinajstić information content (AvgIpc) is 1.81. The molecule has 0 aliphatic heterocycles. The quantitative estimate of drug-likeness (QED) is 0.374. The standard InChI is InChI=1S/C4ClF8I/c5-1(6,3(8,9)10)2(7,14)4(11,12)13. The lowest BCUT2D eigenvalue weighted by Gasteiger charge is -2.32. The van der Waals surface area contributed by atoms with E-state index in [0.717, 1.165) is 0 Å². The lowest BCUT2D eigenvalue weighted by molar-refractivity contribution is -0.280. The Kier molecular flexibility index (Phi) is 3.61. The number of alkyl halides is 10. The van der Waals surface area contributed by atoms with Crippen molar-refractivity contribution in [3.63, 3.8) is 0 Å². The average molecular weight is 362 g/mol. The van der Waals surface area contributed by atoms with Crippen LogP contribution >= 0.6 is 34.2 Å². The third kappa shape index (κ3) is 2.17. The molecule has 10 heteroatoms. The lowest BCUT2D eigenvalue weighted by Crippen LogP contribution is -2.57. The molecule has 2 atom stereocenters. The van der Waals surface area contributed by atoms with Crippen molar-refractivity contribution in [2.75, 3.05) is 0 Å². The Labute approximate surface area is 90.7 Å². The zero-order valence-corrected chi connectivity index (χ0v) is 8.69. The maximum Gasteiger partial charge on any atom is 0.441 e. The molecule has 0 radical (unpaired) electrons. The van der Waals surface area contributed by atoms with Crippen LogP contribution in [-0.4, -0.2) is 21.2 Å². The summed E-state index contributed by atoms with van der Waals surface area (Å²) in [5.41, 5.74) is 0.